The molecule has 0 aliphatic rings. The highest BCUT2D eigenvalue weighted by molar-refractivity contribution is 5.74. The highest BCUT2D eigenvalue weighted by Gasteiger charge is 2.12. The minimum atomic E-state index is -0.0758. The Bertz CT molecular complexity index is 1110. The van der Waals surface area contributed by atoms with Gasteiger partial charge in [-0.1, -0.05) is 42.0 Å². The summed E-state index contributed by atoms with van der Waals surface area (Å²) in [5.41, 5.74) is 4.86. The molecule has 4 rings (SSSR count). The van der Waals surface area contributed by atoms with Crippen LogP contribution in [0.1, 0.15) is 16.7 Å². The number of nitrogens with zero attached hydrogens (tertiary/aromatic N) is 4. The summed E-state index contributed by atoms with van der Waals surface area (Å²) in [7, 11) is 0. The van der Waals surface area contributed by atoms with Crippen LogP contribution in [0.5, 0.6) is 0 Å². The molecule has 2 aromatic heterocycles. The van der Waals surface area contributed by atoms with E-state index in [4.69, 9.17) is 0 Å². The number of para-hydroxylation sites is 1. The van der Waals surface area contributed by atoms with E-state index < -0.39 is 0 Å². The Hall–Kier alpha value is -3.21. The van der Waals surface area contributed by atoms with Gasteiger partial charge in [-0.15, -0.1) is 0 Å². The van der Waals surface area contributed by atoms with Crippen LogP contribution in [-0.4, -0.2) is 19.3 Å². The third-order valence-corrected chi connectivity index (χ3v) is 4.40. The van der Waals surface area contributed by atoms with Gasteiger partial charge in [0.05, 0.1) is 18.4 Å². The summed E-state index contributed by atoms with van der Waals surface area (Å²) < 4.78 is 3.33. The maximum Gasteiger partial charge on any atom is 0.264 e. The summed E-state index contributed by atoms with van der Waals surface area (Å²) in [4.78, 5) is 17.3. The number of hydrogen-bond acceptors (Lipinski definition) is 3. The first kappa shape index (κ1) is 15.3. The molecule has 2 aromatic carbocycles. The van der Waals surface area contributed by atoms with Gasteiger partial charge >= 0.3 is 0 Å². The Kier molecular flexibility index (Phi) is 3.69. The van der Waals surface area contributed by atoms with E-state index in [-0.39, 0.29) is 5.56 Å². The number of fused-ring (bicyclic) bond motifs is 1. The molecule has 25 heavy (non-hydrogen) atoms. The fourth-order valence-corrected chi connectivity index (χ4v) is 2.97. The quantitative estimate of drug-likeness (QED) is 0.579. The molecule has 0 unspecified atom stereocenters. The lowest BCUT2D eigenvalue weighted by atomic mass is 10.1. The predicted molar refractivity (Wildman–Crippen MR) is 98.1 cm³/mol. The van der Waals surface area contributed by atoms with E-state index in [1.54, 1.807) is 21.8 Å². The summed E-state index contributed by atoms with van der Waals surface area (Å²) in [6, 6.07) is 16.0. The summed E-state index contributed by atoms with van der Waals surface area (Å²) in [6.45, 7) is 4.61. The SMILES string of the molecule is Cc1ccc(C)c(Cn2cnc3c(cnn3-c3ccccc3)c2=O)c1. The van der Waals surface area contributed by atoms with E-state index in [0.29, 0.717) is 17.6 Å². The van der Waals surface area contributed by atoms with Crippen LogP contribution in [0.2, 0.25) is 0 Å². The van der Waals surface area contributed by atoms with Crippen molar-refractivity contribution < 1.29 is 0 Å². The molecule has 2 heterocycles. The largest absolute Gasteiger partial charge is 0.294 e. The Labute approximate surface area is 145 Å². The van der Waals surface area contributed by atoms with Gasteiger partial charge in [0.15, 0.2) is 5.65 Å². The number of rotatable bonds is 3. The molecule has 0 aliphatic heterocycles. The predicted octanol–water partition coefficient (Wildman–Crippen LogP) is 3.25. The van der Waals surface area contributed by atoms with E-state index in [9.17, 15) is 4.79 Å². The molecule has 124 valence electrons. The second kappa shape index (κ2) is 6.02. The number of benzene rings is 2. The van der Waals surface area contributed by atoms with E-state index in [2.05, 4.69) is 42.1 Å². The van der Waals surface area contributed by atoms with Gasteiger partial charge in [-0.2, -0.15) is 5.10 Å². The lowest BCUT2D eigenvalue weighted by Gasteiger charge is -2.10. The van der Waals surface area contributed by atoms with Crippen molar-refractivity contribution in [2.75, 3.05) is 0 Å². The summed E-state index contributed by atoms with van der Waals surface area (Å²) >= 11 is 0. The fourth-order valence-electron chi connectivity index (χ4n) is 2.97. The first-order chi connectivity index (χ1) is 12.1. The lowest BCUT2D eigenvalue weighted by molar-refractivity contribution is 0.741. The van der Waals surface area contributed by atoms with Crippen LogP contribution in [0.3, 0.4) is 0 Å². The highest BCUT2D eigenvalue weighted by Crippen LogP contribution is 2.15. The average molecular weight is 330 g/mol. The van der Waals surface area contributed by atoms with Gasteiger partial charge in [-0.25, -0.2) is 9.67 Å². The van der Waals surface area contributed by atoms with Gasteiger partial charge in [0.1, 0.15) is 11.7 Å². The molecule has 0 saturated carbocycles. The molecule has 0 radical (unpaired) electrons. The zero-order valence-electron chi connectivity index (χ0n) is 14.2. The first-order valence-electron chi connectivity index (χ1n) is 8.18. The molecule has 0 aliphatic carbocycles. The van der Waals surface area contributed by atoms with E-state index in [1.807, 2.05) is 30.3 Å². The molecule has 4 aromatic rings. The minimum Gasteiger partial charge on any atom is -0.294 e. The van der Waals surface area contributed by atoms with Gasteiger partial charge in [-0.3, -0.25) is 9.36 Å². The van der Waals surface area contributed by atoms with Gasteiger partial charge in [0, 0.05) is 0 Å². The number of aromatic nitrogens is 4. The van der Waals surface area contributed by atoms with Crippen LogP contribution in [0, 0.1) is 13.8 Å². The number of aryl methyl sites for hydroxylation is 2. The lowest BCUT2D eigenvalue weighted by Crippen LogP contribution is -2.21. The topological polar surface area (TPSA) is 52.7 Å². The molecule has 0 amide bonds. The number of hydrogen-bond donors (Lipinski definition) is 0. The second-order valence-corrected chi connectivity index (χ2v) is 6.24. The Morgan fingerprint density at radius 2 is 1.84 bits per heavy atom. The minimum absolute atomic E-state index is 0.0758. The molecular formula is C20H18N4O. The molecule has 0 fully saturated rings. The van der Waals surface area contributed by atoms with Crippen molar-refractivity contribution in [3.8, 4) is 5.69 Å². The Balaban J connectivity index is 1.79. The van der Waals surface area contributed by atoms with Gasteiger partial charge < -0.3 is 0 Å². The van der Waals surface area contributed by atoms with E-state index in [1.165, 1.54) is 5.56 Å². The van der Waals surface area contributed by atoms with E-state index >= 15 is 0 Å². The van der Waals surface area contributed by atoms with Gasteiger partial charge in [0.25, 0.3) is 5.56 Å². The molecule has 0 bridgehead atoms. The summed E-state index contributed by atoms with van der Waals surface area (Å²) in [5.74, 6) is 0. The molecule has 5 heteroatoms. The molecule has 0 N–H and O–H groups in total. The third kappa shape index (κ3) is 2.74. The molecular weight excluding hydrogens is 312 g/mol. The van der Waals surface area contributed by atoms with Crippen LogP contribution in [0.25, 0.3) is 16.7 Å². The van der Waals surface area contributed by atoms with E-state index in [0.717, 1.165) is 16.8 Å². The average Bonchev–Trinajstić information content (AvgIpc) is 3.06. The highest BCUT2D eigenvalue weighted by atomic mass is 16.1. The van der Waals surface area contributed by atoms with Crippen LogP contribution in [-0.2, 0) is 6.54 Å². The molecule has 5 nitrogen and oxygen atoms in total. The van der Waals surface area contributed by atoms with Crippen molar-refractivity contribution in [3.63, 3.8) is 0 Å². The standard InChI is InChI=1S/C20H18N4O/c1-14-8-9-15(2)16(10-14)12-23-13-21-19-18(20(23)25)11-22-24(19)17-6-4-3-5-7-17/h3-11,13H,12H2,1-2H3. The smallest absolute Gasteiger partial charge is 0.264 e. The first-order valence-corrected chi connectivity index (χ1v) is 8.18. The summed E-state index contributed by atoms with van der Waals surface area (Å²) in [5, 5.41) is 4.87. The van der Waals surface area contributed by atoms with Crippen LogP contribution in [0.15, 0.2) is 65.8 Å². The summed E-state index contributed by atoms with van der Waals surface area (Å²) in [6.07, 6.45) is 3.20. The van der Waals surface area contributed by atoms with Crippen molar-refractivity contribution >= 4 is 11.0 Å². The van der Waals surface area contributed by atoms with Crippen molar-refractivity contribution in [3.05, 3.63) is 88.1 Å². The maximum absolute atomic E-state index is 12.8. The van der Waals surface area contributed by atoms with Crippen LogP contribution in [0.4, 0.5) is 0 Å². The van der Waals surface area contributed by atoms with Gasteiger partial charge in [0.2, 0.25) is 0 Å². The molecule has 0 spiro atoms. The van der Waals surface area contributed by atoms with Crippen LogP contribution >= 0.6 is 0 Å². The normalized spacial score (nSPS) is 11.1. The van der Waals surface area contributed by atoms with Crippen molar-refractivity contribution in [2.45, 2.75) is 20.4 Å². The molecule has 0 atom stereocenters. The second-order valence-electron chi connectivity index (χ2n) is 6.24. The monoisotopic (exact) mass is 330 g/mol. The maximum atomic E-state index is 12.8. The van der Waals surface area contributed by atoms with Crippen LogP contribution < -0.4 is 5.56 Å². The van der Waals surface area contributed by atoms with Crippen molar-refractivity contribution in [1.29, 1.82) is 0 Å². The van der Waals surface area contributed by atoms with Gasteiger partial charge in [-0.05, 0) is 37.1 Å². The fraction of sp³-hybridized carbons (Fsp3) is 0.150. The zero-order valence-corrected chi connectivity index (χ0v) is 14.2. The zero-order chi connectivity index (χ0) is 17.4. The Morgan fingerprint density at radius 1 is 1.04 bits per heavy atom. The van der Waals surface area contributed by atoms with Crippen molar-refractivity contribution in [2.24, 2.45) is 0 Å². The molecule has 0 saturated heterocycles. The Morgan fingerprint density at radius 3 is 2.64 bits per heavy atom. The third-order valence-electron chi connectivity index (χ3n) is 4.40. The van der Waals surface area contributed by atoms with Crippen molar-refractivity contribution in [1.82, 2.24) is 19.3 Å².